The molecular formula is C23H22F6. The number of fused-ring (bicyclic) bond motifs is 1. The van der Waals surface area contributed by atoms with Gasteiger partial charge in [0.2, 0.25) is 0 Å². The van der Waals surface area contributed by atoms with E-state index in [1.54, 1.807) is 0 Å². The van der Waals surface area contributed by atoms with Crippen molar-refractivity contribution in [2.24, 2.45) is 0 Å². The molecule has 0 saturated carbocycles. The molecule has 0 atom stereocenters. The van der Waals surface area contributed by atoms with Crippen LogP contribution in [0.15, 0.2) is 35.9 Å². The number of rotatable bonds is 2. The van der Waals surface area contributed by atoms with Crippen molar-refractivity contribution in [2.45, 2.75) is 58.3 Å². The van der Waals surface area contributed by atoms with E-state index in [0.29, 0.717) is 12.0 Å². The van der Waals surface area contributed by atoms with Crippen LogP contribution in [0.25, 0.3) is 17.2 Å². The van der Waals surface area contributed by atoms with E-state index in [1.165, 1.54) is 0 Å². The Hall–Kier alpha value is -2.24. The van der Waals surface area contributed by atoms with Gasteiger partial charge in [0.05, 0.1) is 11.1 Å². The second kappa shape index (κ2) is 6.92. The first-order valence-electron chi connectivity index (χ1n) is 9.37. The first-order chi connectivity index (χ1) is 13.2. The average molecular weight is 412 g/mol. The van der Waals surface area contributed by atoms with E-state index >= 15 is 0 Å². The molecule has 0 aliphatic heterocycles. The number of benzene rings is 2. The highest BCUT2D eigenvalue weighted by molar-refractivity contribution is 5.84. The second-order valence-electron chi connectivity index (χ2n) is 8.44. The summed E-state index contributed by atoms with van der Waals surface area (Å²) in [4.78, 5) is 0. The molecule has 0 aromatic heterocycles. The smallest absolute Gasteiger partial charge is 0.166 e. The standard InChI is InChI=1S/C23H22F6/c1-5-13-8-14-6-7-19(21(2,3)4)20(18(14)9-13)15-10-16(22(24,25)26)12-17(11-15)23(27,28)29/h6-7,9-12H,5,8H2,1-4H3. The van der Waals surface area contributed by atoms with Gasteiger partial charge in [-0.3, -0.25) is 0 Å². The van der Waals surface area contributed by atoms with Crippen molar-refractivity contribution in [3.05, 3.63) is 63.7 Å². The van der Waals surface area contributed by atoms with Crippen molar-refractivity contribution in [3.63, 3.8) is 0 Å². The molecule has 0 fully saturated rings. The van der Waals surface area contributed by atoms with Gasteiger partial charge < -0.3 is 0 Å². The third-order valence-electron chi connectivity index (χ3n) is 5.24. The van der Waals surface area contributed by atoms with Crippen LogP contribution in [0.4, 0.5) is 26.3 Å². The molecule has 0 radical (unpaired) electrons. The highest BCUT2D eigenvalue weighted by Gasteiger charge is 2.38. The summed E-state index contributed by atoms with van der Waals surface area (Å²) in [6.45, 7) is 7.68. The topological polar surface area (TPSA) is 0 Å². The highest BCUT2D eigenvalue weighted by atomic mass is 19.4. The van der Waals surface area contributed by atoms with Gasteiger partial charge in [0.15, 0.2) is 0 Å². The van der Waals surface area contributed by atoms with Crippen LogP contribution in [0, 0.1) is 0 Å². The minimum Gasteiger partial charge on any atom is -0.166 e. The maximum atomic E-state index is 13.4. The lowest BCUT2D eigenvalue weighted by Crippen LogP contribution is -2.15. The van der Waals surface area contributed by atoms with Crippen LogP contribution >= 0.6 is 0 Å². The first-order valence-corrected chi connectivity index (χ1v) is 9.37. The van der Waals surface area contributed by atoms with Crippen molar-refractivity contribution in [2.75, 3.05) is 0 Å². The maximum Gasteiger partial charge on any atom is 0.416 e. The monoisotopic (exact) mass is 412 g/mol. The van der Waals surface area contributed by atoms with Gasteiger partial charge in [0.1, 0.15) is 0 Å². The molecule has 0 bridgehead atoms. The van der Waals surface area contributed by atoms with Crippen molar-refractivity contribution in [1.82, 2.24) is 0 Å². The molecule has 0 spiro atoms. The Bertz CT molecular complexity index is 936. The molecule has 0 saturated heterocycles. The van der Waals surface area contributed by atoms with Crippen LogP contribution in [0.1, 0.15) is 61.9 Å². The van der Waals surface area contributed by atoms with E-state index in [4.69, 9.17) is 0 Å². The summed E-state index contributed by atoms with van der Waals surface area (Å²) in [7, 11) is 0. The van der Waals surface area contributed by atoms with Crippen LogP contribution in [-0.2, 0) is 24.2 Å². The fourth-order valence-corrected chi connectivity index (χ4v) is 3.74. The summed E-state index contributed by atoms with van der Waals surface area (Å²) in [5, 5.41) is 0. The van der Waals surface area contributed by atoms with E-state index in [1.807, 2.05) is 45.9 Å². The lowest BCUT2D eigenvalue weighted by atomic mass is 9.78. The average Bonchev–Trinajstić information content (AvgIpc) is 3.01. The van der Waals surface area contributed by atoms with Crippen molar-refractivity contribution < 1.29 is 26.3 Å². The largest absolute Gasteiger partial charge is 0.416 e. The molecule has 0 heterocycles. The molecule has 156 valence electrons. The third kappa shape index (κ3) is 4.21. The van der Waals surface area contributed by atoms with E-state index in [9.17, 15) is 26.3 Å². The van der Waals surface area contributed by atoms with E-state index in [0.717, 1.165) is 40.8 Å². The Balaban J connectivity index is 2.39. The molecule has 2 aromatic carbocycles. The van der Waals surface area contributed by atoms with Crippen LogP contribution in [0.5, 0.6) is 0 Å². The summed E-state index contributed by atoms with van der Waals surface area (Å²) >= 11 is 0. The lowest BCUT2D eigenvalue weighted by molar-refractivity contribution is -0.143. The predicted molar refractivity (Wildman–Crippen MR) is 103 cm³/mol. The van der Waals surface area contributed by atoms with Gasteiger partial charge >= 0.3 is 12.4 Å². The van der Waals surface area contributed by atoms with Gasteiger partial charge in [-0.05, 0) is 64.3 Å². The molecular weight excluding hydrogens is 390 g/mol. The van der Waals surface area contributed by atoms with Gasteiger partial charge in [-0.25, -0.2) is 0 Å². The van der Waals surface area contributed by atoms with Crippen LogP contribution in [-0.4, -0.2) is 0 Å². The maximum absolute atomic E-state index is 13.4. The molecule has 0 N–H and O–H groups in total. The zero-order valence-corrected chi connectivity index (χ0v) is 16.6. The van der Waals surface area contributed by atoms with Gasteiger partial charge in [-0.15, -0.1) is 0 Å². The van der Waals surface area contributed by atoms with E-state index in [-0.39, 0.29) is 11.6 Å². The fourth-order valence-electron chi connectivity index (χ4n) is 3.74. The minimum absolute atomic E-state index is 0.0532. The lowest BCUT2D eigenvalue weighted by Gasteiger charge is -2.26. The molecule has 0 unspecified atom stereocenters. The minimum atomic E-state index is -4.87. The number of halogens is 6. The Morgan fingerprint density at radius 3 is 1.83 bits per heavy atom. The zero-order valence-electron chi connectivity index (χ0n) is 16.6. The summed E-state index contributed by atoms with van der Waals surface area (Å²) in [6.07, 6.45) is -6.41. The normalized spacial score (nSPS) is 14.8. The third-order valence-corrected chi connectivity index (χ3v) is 5.24. The quantitative estimate of drug-likeness (QED) is 0.438. The van der Waals surface area contributed by atoms with Gasteiger partial charge in [0, 0.05) is 0 Å². The van der Waals surface area contributed by atoms with E-state index in [2.05, 4.69) is 0 Å². The Morgan fingerprint density at radius 2 is 1.38 bits per heavy atom. The molecule has 1 aliphatic carbocycles. The van der Waals surface area contributed by atoms with Crippen molar-refractivity contribution >= 4 is 6.08 Å². The molecule has 3 rings (SSSR count). The van der Waals surface area contributed by atoms with Crippen LogP contribution in [0.2, 0.25) is 0 Å². The second-order valence-corrected chi connectivity index (χ2v) is 8.44. The van der Waals surface area contributed by atoms with Crippen LogP contribution < -0.4 is 0 Å². The molecule has 0 nitrogen and oxygen atoms in total. The van der Waals surface area contributed by atoms with Gasteiger partial charge in [0.25, 0.3) is 0 Å². The Morgan fingerprint density at radius 1 is 0.828 bits per heavy atom. The Kier molecular flexibility index (Phi) is 5.13. The molecule has 2 aromatic rings. The van der Waals surface area contributed by atoms with Gasteiger partial charge in [-0.1, -0.05) is 51.5 Å². The number of alkyl halides is 6. The van der Waals surface area contributed by atoms with E-state index < -0.39 is 28.9 Å². The molecule has 6 heteroatoms. The number of allylic oxidation sites excluding steroid dienone is 1. The molecule has 1 aliphatic rings. The van der Waals surface area contributed by atoms with Gasteiger partial charge in [-0.2, -0.15) is 26.3 Å². The summed E-state index contributed by atoms with van der Waals surface area (Å²) < 4.78 is 80.4. The predicted octanol–water partition coefficient (Wildman–Crippen LogP) is 8.04. The zero-order chi connectivity index (χ0) is 21.8. The number of hydrogen-bond donors (Lipinski definition) is 0. The Labute approximate surface area is 166 Å². The fraction of sp³-hybridized carbons (Fsp3) is 0.391. The summed E-state index contributed by atoms with van der Waals surface area (Å²) in [6, 6.07) is 5.59. The van der Waals surface area contributed by atoms with Crippen molar-refractivity contribution in [1.29, 1.82) is 0 Å². The van der Waals surface area contributed by atoms with Crippen LogP contribution in [0.3, 0.4) is 0 Å². The SMILES string of the molecule is CCC1=Cc2c(ccc(C(C)(C)C)c2-c2cc(C(F)(F)F)cc(C(F)(F)F)c2)C1. The summed E-state index contributed by atoms with van der Waals surface area (Å²) in [5.41, 5.74) is 0.831. The highest BCUT2D eigenvalue weighted by Crippen LogP contribution is 2.45. The summed E-state index contributed by atoms with van der Waals surface area (Å²) in [5.74, 6) is 0. The number of hydrogen-bond acceptors (Lipinski definition) is 0. The first kappa shape index (κ1) is 21.5. The molecule has 0 amide bonds. The van der Waals surface area contributed by atoms with Crippen molar-refractivity contribution in [3.8, 4) is 11.1 Å². The molecule has 29 heavy (non-hydrogen) atoms.